The Labute approximate surface area is 174 Å². The van der Waals surface area contributed by atoms with E-state index in [-0.39, 0.29) is 17.9 Å². The molecule has 0 bridgehead atoms. The van der Waals surface area contributed by atoms with Crippen LogP contribution in [-0.4, -0.2) is 36.7 Å². The molecule has 154 valence electrons. The van der Waals surface area contributed by atoms with Gasteiger partial charge in [0.15, 0.2) is 0 Å². The number of ether oxygens (including phenoxy) is 2. The third-order valence-corrected chi connectivity index (χ3v) is 5.52. The van der Waals surface area contributed by atoms with E-state index in [4.69, 9.17) is 14.7 Å². The monoisotopic (exact) mass is 406 g/mol. The number of alkyl carbamates (subject to hydrolysis) is 1. The van der Waals surface area contributed by atoms with Gasteiger partial charge in [0.1, 0.15) is 12.4 Å². The molecule has 1 aliphatic heterocycles. The molecule has 2 aliphatic rings. The van der Waals surface area contributed by atoms with Crippen LogP contribution in [0.4, 0.5) is 10.6 Å². The number of amides is 2. The number of aryl methyl sites for hydroxylation is 1. The molecule has 2 heterocycles. The van der Waals surface area contributed by atoms with Gasteiger partial charge in [-0.1, -0.05) is 6.07 Å². The molecular weight excluding hydrogens is 384 g/mol. The highest BCUT2D eigenvalue weighted by atomic mass is 16.6. The Morgan fingerprint density at radius 2 is 2.23 bits per heavy atom. The standard InChI is InChI=1S/C22H22N4O4/c1-29-21-17(10-18-12-30-22(28)24-18)6-7-19(26-21)25-20(27)16-5-4-14-8-13(11-23)2-3-15(14)9-16/h2-3,6-8,16,18H,4-5,9-10,12H2,1H3,(H,24,28)(H,25,26,27)/t16?,18-/m0/s1. The molecule has 2 N–H and O–H groups in total. The zero-order chi connectivity index (χ0) is 21.1. The summed E-state index contributed by atoms with van der Waals surface area (Å²) in [7, 11) is 1.52. The number of methoxy groups -OCH3 is 1. The van der Waals surface area contributed by atoms with E-state index in [1.165, 1.54) is 7.11 Å². The second-order valence-electron chi connectivity index (χ2n) is 7.53. The number of hydrogen-bond donors (Lipinski definition) is 2. The van der Waals surface area contributed by atoms with Crippen LogP contribution in [0.3, 0.4) is 0 Å². The molecule has 1 aromatic heterocycles. The predicted molar refractivity (Wildman–Crippen MR) is 108 cm³/mol. The first-order valence-corrected chi connectivity index (χ1v) is 9.85. The average Bonchev–Trinajstić information content (AvgIpc) is 3.18. The van der Waals surface area contributed by atoms with Crippen molar-refractivity contribution in [2.75, 3.05) is 19.0 Å². The minimum Gasteiger partial charge on any atom is -0.481 e. The van der Waals surface area contributed by atoms with E-state index in [9.17, 15) is 9.59 Å². The summed E-state index contributed by atoms with van der Waals surface area (Å²) in [6.07, 6.45) is 2.25. The van der Waals surface area contributed by atoms with Crippen molar-refractivity contribution in [2.45, 2.75) is 31.7 Å². The van der Waals surface area contributed by atoms with Crippen LogP contribution in [0.25, 0.3) is 0 Å². The molecule has 1 saturated heterocycles. The average molecular weight is 406 g/mol. The topological polar surface area (TPSA) is 113 Å². The predicted octanol–water partition coefficient (Wildman–Crippen LogP) is 2.36. The van der Waals surface area contributed by atoms with Crippen LogP contribution < -0.4 is 15.4 Å². The Kier molecular flexibility index (Phi) is 5.53. The van der Waals surface area contributed by atoms with Gasteiger partial charge in [0.2, 0.25) is 11.8 Å². The fraction of sp³-hybridized carbons (Fsp3) is 0.364. The van der Waals surface area contributed by atoms with E-state index in [1.807, 2.05) is 18.2 Å². The van der Waals surface area contributed by atoms with Gasteiger partial charge in [-0.05, 0) is 54.7 Å². The molecule has 2 amide bonds. The van der Waals surface area contributed by atoms with Gasteiger partial charge in [0, 0.05) is 17.9 Å². The summed E-state index contributed by atoms with van der Waals surface area (Å²) in [5, 5.41) is 14.7. The summed E-state index contributed by atoms with van der Waals surface area (Å²) in [4.78, 5) is 28.4. The number of rotatable bonds is 5. The maximum Gasteiger partial charge on any atom is 0.407 e. The third-order valence-electron chi connectivity index (χ3n) is 5.52. The molecule has 1 unspecified atom stereocenters. The summed E-state index contributed by atoms with van der Waals surface area (Å²) in [6.45, 7) is 0.305. The molecule has 1 aromatic carbocycles. The number of benzene rings is 1. The lowest BCUT2D eigenvalue weighted by molar-refractivity contribution is -0.120. The molecule has 1 aliphatic carbocycles. The highest BCUT2D eigenvalue weighted by molar-refractivity contribution is 5.92. The first-order valence-electron chi connectivity index (χ1n) is 9.85. The van der Waals surface area contributed by atoms with Crippen molar-refractivity contribution in [1.82, 2.24) is 10.3 Å². The van der Waals surface area contributed by atoms with Crippen molar-refractivity contribution in [3.8, 4) is 11.9 Å². The van der Waals surface area contributed by atoms with Crippen molar-refractivity contribution in [3.63, 3.8) is 0 Å². The van der Waals surface area contributed by atoms with Crippen LogP contribution in [-0.2, 0) is 28.8 Å². The van der Waals surface area contributed by atoms with Crippen molar-refractivity contribution < 1.29 is 19.1 Å². The summed E-state index contributed by atoms with van der Waals surface area (Å²) < 4.78 is 10.3. The van der Waals surface area contributed by atoms with E-state index in [2.05, 4.69) is 21.7 Å². The fourth-order valence-electron chi connectivity index (χ4n) is 3.95. The normalized spacial score (nSPS) is 19.8. The lowest BCUT2D eigenvalue weighted by Crippen LogP contribution is -2.29. The molecule has 2 aromatic rings. The maximum atomic E-state index is 12.8. The van der Waals surface area contributed by atoms with Crippen molar-refractivity contribution >= 4 is 17.8 Å². The first-order chi connectivity index (χ1) is 14.6. The van der Waals surface area contributed by atoms with Gasteiger partial charge >= 0.3 is 6.09 Å². The van der Waals surface area contributed by atoms with E-state index in [0.29, 0.717) is 36.7 Å². The molecular formula is C22H22N4O4. The van der Waals surface area contributed by atoms with Crippen LogP contribution in [0.5, 0.6) is 5.88 Å². The summed E-state index contributed by atoms with van der Waals surface area (Å²) in [5.41, 5.74) is 3.73. The Hall–Kier alpha value is -3.60. The number of anilines is 1. The molecule has 30 heavy (non-hydrogen) atoms. The SMILES string of the molecule is COc1nc(NC(=O)C2CCc3cc(C#N)ccc3C2)ccc1C[C@H]1COC(=O)N1. The molecule has 1 fully saturated rings. The van der Waals surface area contributed by atoms with Gasteiger partial charge in [0.25, 0.3) is 0 Å². The third kappa shape index (κ3) is 4.20. The van der Waals surface area contributed by atoms with E-state index >= 15 is 0 Å². The van der Waals surface area contributed by atoms with Crippen LogP contribution in [0.1, 0.15) is 28.7 Å². The number of nitrogens with one attached hydrogen (secondary N) is 2. The van der Waals surface area contributed by atoms with Gasteiger partial charge in [-0.2, -0.15) is 10.2 Å². The van der Waals surface area contributed by atoms with E-state index in [1.54, 1.807) is 12.1 Å². The smallest absolute Gasteiger partial charge is 0.407 e. The van der Waals surface area contributed by atoms with Crippen molar-refractivity contribution in [2.24, 2.45) is 5.92 Å². The number of pyridine rings is 1. The Morgan fingerprint density at radius 3 is 2.97 bits per heavy atom. The molecule has 0 spiro atoms. The number of aromatic nitrogens is 1. The molecule has 4 rings (SSSR count). The number of cyclic esters (lactones) is 1. The van der Waals surface area contributed by atoms with Crippen LogP contribution in [0.2, 0.25) is 0 Å². The summed E-state index contributed by atoms with van der Waals surface area (Å²) in [5.74, 6) is 0.609. The zero-order valence-corrected chi connectivity index (χ0v) is 16.6. The number of carbonyl (C=O) groups excluding carboxylic acids is 2. The van der Waals surface area contributed by atoms with Crippen LogP contribution >= 0.6 is 0 Å². The largest absolute Gasteiger partial charge is 0.481 e. The molecule has 2 atom stereocenters. The number of hydrogen-bond acceptors (Lipinski definition) is 6. The highest BCUT2D eigenvalue weighted by Gasteiger charge is 2.26. The number of carbonyl (C=O) groups is 2. The quantitative estimate of drug-likeness (QED) is 0.788. The highest BCUT2D eigenvalue weighted by Crippen LogP contribution is 2.28. The van der Waals surface area contributed by atoms with E-state index < -0.39 is 6.09 Å². The molecule has 8 heteroatoms. The van der Waals surface area contributed by atoms with Gasteiger partial charge in [-0.3, -0.25) is 4.79 Å². The van der Waals surface area contributed by atoms with Crippen molar-refractivity contribution in [1.29, 1.82) is 5.26 Å². The number of nitriles is 1. The zero-order valence-electron chi connectivity index (χ0n) is 16.6. The maximum absolute atomic E-state index is 12.8. The summed E-state index contributed by atoms with van der Waals surface area (Å²) in [6, 6.07) is 11.3. The van der Waals surface area contributed by atoms with Gasteiger partial charge in [-0.15, -0.1) is 0 Å². The molecule has 8 nitrogen and oxygen atoms in total. The van der Waals surface area contributed by atoms with E-state index in [0.717, 1.165) is 29.5 Å². The molecule has 0 radical (unpaired) electrons. The molecule has 0 saturated carbocycles. The van der Waals surface area contributed by atoms with Crippen molar-refractivity contribution in [3.05, 3.63) is 52.6 Å². The van der Waals surface area contributed by atoms with Gasteiger partial charge in [0.05, 0.1) is 24.8 Å². The minimum atomic E-state index is -0.422. The lowest BCUT2D eigenvalue weighted by atomic mass is 9.83. The van der Waals surface area contributed by atoms with Crippen LogP contribution in [0.15, 0.2) is 30.3 Å². The van der Waals surface area contributed by atoms with Gasteiger partial charge in [-0.25, -0.2) is 4.79 Å². The van der Waals surface area contributed by atoms with Gasteiger partial charge < -0.3 is 20.1 Å². The van der Waals surface area contributed by atoms with Crippen LogP contribution in [0, 0.1) is 17.2 Å². The second-order valence-corrected chi connectivity index (χ2v) is 7.53. The fourth-order valence-corrected chi connectivity index (χ4v) is 3.95. The lowest BCUT2D eigenvalue weighted by Gasteiger charge is -2.24. The number of nitrogens with zero attached hydrogens (tertiary/aromatic N) is 2. The Morgan fingerprint density at radius 1 is 1.37 bits per heavy atom. The summed E-state index contributed by atoms with van der Waals surface area (Å²) >= 11 is 0. The Balaban J connectivity index is 1.41. The second kappa shape index (κ2) is 8.41. The first kappa shape index (κ1) is 19.7. The number of fused-ring (bicyclic) bond motifs is 1. The Bertz CT molecular complexity index is 1030. The minimum absolute atomic E-state index is 0.0798.